The van der Waals surface area contributed by atoms with Crippen LogP contribution in [0.2, 0.25) is 0 Å². The van der Waals surface area contributed by atoms with Crippen LogP contribution in [0.15, 0.2) is 213 Å². The number of hydrogen-bond donors (Lipinski definition) is 0. The molecular weight excluding hydrogens is 1670 g/mol. The van der Waals surface area contributed by atoms with Crippen molar-refractivity contribution in [1.29, 1.82) is 0 Å². The summed E-state index contributed by atoms with van der Waals surface area (Å²) >= 11 is 0. The molecule has 0 N–H and O–H groups in total. The zero-order valence-corrected chi connectivity index (χ0v) is 64.8. The monoisotopic (exact) mass is 1720 g/mol. The van der Waals surface area contributed by atoms with E-state index in [0.29, 0.717) is 17.1 Å². The Morgan fingerprint density at radius 1 is 0.378 bits per heavy atom. The predicted molar refractivity (Wildman–Crippen MR) is 284 cm³/mol. The van der Waals surface area contributed by atoms with Gasteiger partial charge in [0, 0.05) is 270 Å². The fourth-order valence-electron chi connectivity index (χ4n) is 6.90. The summed E-state index contributed by atoms with van der Waals surface area (Å²) in [6.07, 6.45) is 1.73. The van der Waals surface area contributed by atoms with Crippen LogP contribution in [0, 0.1) is 312 Å². The topological polar surface area (TPSA) is 74.7 Å². The summed E-state index contributed by atoms with van der Waals surface area (Å²) in [4.78, 5) is 28.1. The number of nitrogens with zero attached hydrogens (tertiary/aromatic N) is 6. The van der Waals surface area contributed by atoms with Crippen LogP contribution in [0.25, 0.3) is 10.9 Å². The Labute approximate surface area is 638 Å². The number of rotatable bonds is 10. The number of para-hydroxylation sites is 6. The van der Waals surface area contributed by atoms with Gasteiger partial charge >= 0.3 is 0 Å². The van der Waals surface area contributed by atoms with Gasteiger partial charge in [0.1, 0.15) is 0 Å². The van der Waals surface area contributed by atoms with Crippen molar-refractivity contribution in [3.8, 4) is 0 Å². The van der Waals surface area contributed by atoms with Gasteiger partial charge in [0.2, 0.25) is 0 Å². The van der Waals surface area contributed by atoms with Crippen LogP contribution in [-0.4, -0.2) is 34.0 Å². The minimum absolute atomic E-state index is 0. The number of fused-ring (bicyclic) bond motifs is 1. The van der Waals surface area contributed by atoms with Crippen LogP contribution in [0.1, 0.15) is 52.9 Å². The quantitative estimate of drug-likeness (QED) is 0.0993. The van der Waals surface area contributed by atoms with E-state index in [1.54, 1.807) is 6.21 Å². The first-order valence-electron chi connectivity index (χ1n) is 22.3. The molecule has 9 rings (SSSR count). The standard InChI is InChI=1S/C28H22N2.C18H18N2.C16H10N2.6Pr/c1-21-13-12-14-22(2)26(21)30-28(24-17-8-4-9-18-24)27(23-15-6-3-7-16-23)29-25-19-10-5-11-20-25;1-13-9-8-10-14(2)18(13)20-16(4)15(3)19-17-11-6-5-7-12-17;1-2-7-14(8-3-1)17-12-15-11-10-13-6-4-5-9-16(13)18-15;;;;;;/h3-18H,1-2H3;5-10H,1-4H3;1-6,9-12H;;;;;;/q3*-2;;;;;;. The zero-order valence-electron chi connectivity index (χ0n) is 42.6. The van der Waals surface area contributed by atoms with E-state index in [2.05, 4.69) is 134 Å². The molecule has 0 atom stereocenters. The second kappa shape index (κ2) is 39.2. The van der Waals surface area contributed by atoms with E-state index < -0.39 is 0 Å². The number of aliphatic imine (C=N–C) groups is 5. The Bertz CT molecular complexity index is 3180. The molecule has 1 aromatic heterocycles. The summed E-state index contributed by atoms with van der Waals surface area (Å²) < 4.78 is 0. The van der Waals surface area contributed by atoms with Crippen LogP contribution >= 0.6 is 0 Å². The first-order chi connectivity index (χ1) is 33.2. The Morgan fingerprint density at radius 3 is 1.26 bits per heavy atom. The van der Waals surface area contributed by atoms with E-state index in [1.165, 1.54) is 11.1 Å². The Balaban J connectivity index is 0.000000554. The average molecular weight is 1720 g/mol. The molecule has 6 nitrogen and oxygen atoms in total. The van der Waals surface area contributed by atoms with Gasteiger partial charge in [-0.25, -0.2) is 9.98 Å². The smallest absolute Gasteiger partial charge is 0.0970 e. The molecule has 1 heterocycles. The van der Waals surface area contributed by atoms with Crippen LogP contribution in [0.3, 0.4) is 0 Å². The molecule has 6 radical (unpaired) electrons. The molecule has 0 saturated carbocycles. The first kappa shape index (κ1) is 71.7. The van der Waals surface area contributed by atoms with Crippen LogP contribution in [0.4, 0.5) is 28.4 Å². The number of pyridine rings is 1. The van der Waals surface area contributed by atoms with Crippen molar-refractivity contribution in [1.82, 2.24) is 4.98 Å². The van der Waals surface area contributed by atoms with E-state index in [0.717, 1.165) is 73.1 Å². The summed E-state index contributed by atoms with van der Waals surface area (Å²) in [6.45, 7) is 12.3. The maximum absolute atomic E-state index is 5.16. The van der Waals surface area contributed by atoms with E-state index in [1.807, 2.05) is 147 Å². The molecule has 12 heteroatoms. The number of aromatic nitrogens is 1. The summed E-state index contributed by atoms with van der Waals surface area (Å²) in [7, 11) is 0. The molecule has 0 spiro atoms. The molecule has 8 aromatic carbocycles. The van der Waals surface area contributed by atoms with Crippen molar-refractivity contribution in [3.63, 3.8) is 0 Å². The van der Waals surface area contributed by atoms with Gasteiger partial charge in [-0.05, 0) is 75.9 Å². The van der Waals surface area contributed by atoms with Crippen LogP contribution in [-0.2, 0) is 0 Å². The van der Waals surface area contributed by atoms with E-state index in [-0.39, 0.29) is 248 Å². The number of benzene rings is 8. The van der Waals surface area contributed by atoms with Crippen molar-refractivity contribution in [3.05, 3.63) is 264 Å². The van der Waals surface area contributed by atoms with Gasteiger partial charge in [-0.3, -0.25) is 64.6 Å². The first-order valence-corrected chi connectivity index (χ1v) is 22.3. The van der Waals surface area contributed by atoms with Gasteiger partial charge in [-0.1, -0.05) is 121 Å². The molecule has 0 saturated heterocycles. The second-order valence-corrected chi connectivity index (χ2v) is 15.7. The maximum Gasteiger partial charge on any atom is 0.0970 e. The third-order valence-electron chi connectivity index (χ3n) is 10.6. The Hall–Kier alpha value is -0.298. The van der Waals surface area contributed by atoms with Gasteiger partial charge in [0.25, 0.3) is 0 Å². The van der Waals surface area contributed by atoms with Gasteiger partial charge < -0.3 is 46.4 Å². The summed E-state index contributed by atoms with van der Waals surface area (Å²) in [5.74, 6) is 0. The molecule has 352 valence electrons. The van der Waals surface area contributed by atoms with Crippen molar-refractivity contribution in [2.24, 2.45) is 25.0 Å². The summed E-state index contributed by atoms with van der Waals surface area (Å²) in [5, 5.41) is 1.13. The predicted octanol–water partition coefficient (Wildman–Crippen LogP) is 15.2. The molecule has 0 aliphatic carbocycles. The fourth-order valence-corrected chi connectivity index (χ4v) is 6.90. The Kier molecular flexibility index (Phi) is 37.9. The average Bonchev–Trinajstić information content (AvgIpc) is 3.38. The molecule has 0 unspecified atom stereocenters. The fraction of sp³-hybridized carbons (Fsp3) is 0.0968. The van der Waals surface area contributed by atoms with Crippen molar-refractivity contribution in [2.75, 3.05) is 0 Å². The third-order valence-corrected chi connectivity index (χ3v) is 10.6. The van der Waals surface area contributed by atoms with Crippen molar-refractivity contribution >= 4 is 68.4 Å². The molecule has 0 bridgehead atoms. The van der Waals surface area contributed by atoms with E-state index in [4.69, 9.17) is 15.0 Å². The minimum atomic E-state index is 0. The Morgan fingerprint density at radius 2 is 0.770 bits per heavy atom. The number of aryl methyl sites for hydroxylation is 4. The van der Waals surface area contributed by atoms with Crippen molar-refractivity contribution in [2.45, 2.75) is 41.5 Å². The van der Waals surface area contributed by atoms with E-state index in [9.17, 15) is 0 Å². The molecule has 0 fully saturated rings. The van der Waals surface area contributed by atoms with Gasteiger partial charge in [0.15, 0.2) is 0 Å². The maximum atomic E-state index is 5.16. The molecule has 0 aliphatic heterocycles. The third kappa shape index (κ3) is 23.0. The van der Waals surface area contributed by atoms with Gasteiger partial charge in [-0.2, -0.15) is 17.1 Å². The molecular formula is C62H50N6Pr6-6. The molecule has 0 aliphatic rings. The normalized spacial score (nSPS) is 11.0. The van der Waals surface area contributed by atoms with Crippen LogP contribution < -0.4 is 0 Å². The molecule has 0 amide bonds. The molecule has 9 aromatic rings. The van der Waals surface area contributed by atoms with E-state index >= 15 is 0 Å². The molecule has 74 heavy (non-hydrogen) atoms. The summed E-state index contributed by atoms with van der Waals surface area (Å²) in [6, 6.07) is 79.9. The van der Waals surface area contributed by atoms with Gasteiger partial charge in [0.05, 0.1) is 45.4 Å². The largest absolute Gasteiger partial charge is 0.333 e. The SMILES string of the molecule is CC(=Nc1[c-]ccc[c-]1)C(C)=Nc1c(C)cccc1C.Cc1cccc(C)c1N=C(C(=Nc1[c-]ccc[c-]1)c1ccccc1)c1ccccc1.[Pr].[Pr].[Pr].[Pr].[Pr].[Pr].[c-]1ccc[c-]c1N=Cc1ccc2ccccc2n1. The number of hydrogen-bond acceptors (Lipinski definition) is 6. The minimum Gasteiger partial charge on any atom is -0.333 e. The second-order valence-electron chi connectivity index (χ2n) is 15.7. The van der Waals surface area contributed by atoms with Crippen molar-refractivity contribution < 1.29 is 248 Å². The van der Waals surface area contributed by atoms with Crippen LogP contribution in [0.5, 0.6) is 0 Å². The van der Waals surface area contributed by atoms with Gasteiger partial charge in [-0.15, -0.1) is 0 Å². The zero-order chi connectivity index (χ0) is 47.5. The summed E-state index contributed by atoms with van der Waals surface area (Å²) in [5.41, 5.74) is 15.9.